The van der Waals surface area contributed by atoms with Gasteiger partial charge < -0.3 is 10.2 Å². The van der Waals surface area contributed by atoms with E-state index >= 15 is 0 Å². The molecule has 0 aliphatic heterocycles. The highest BCUT2D eigenvalue weighted by atomic mass is 35.5. The van der Waals surface area contributed by atoms with Gasteiger partial charge in [-0.25, -0.2) is 8.42 Å². The van der Waals surface area contributed by atoms with Crippen LogP contribution in [0.25, 0.3) is 0 Å². The van der Waals surface area contributed by atoms with Gasteiger partial charge in [0.15, 0.2) is 0 Å². The van der Waals surface area contributed by atoms with E-state index in [1.165, 1.54) is 23.1 Å². The first kappa shape index (κ1) is 35.3. The number of amides is 2. The largest absolute Gasteiger partial charge is 0.350 e. The van der Waals surface area contributed by atoms with E-state index in [0.717, 1.165) is 15.4 Å². The zero-order valence-corrected chi connectivity index (χ0v) is 29.1. The van der Waals surface area contributed by atoms with Crippen molar-refractivity contribution in [2.24, 2.45) is 0 Å². The minimum absolute atomic E-state index is 0.00415. The first-order valence-corrected chi connectivity index (χ1v) is 17.2. The number of aryl methyl sites for hydroxylation is 1. The molecule has 1 N–H and O–H groups in total. The third kappa shape index (κ3) is 9.26. The molecule has 0 aromatic heterocycles. The van der Waals surface area contributed by atoms with Crippen LogP contribution in [-0.4, -0.2) is 43.3 Å². The van der Waals surface area contributed by atoms with E-state index in [1.54, 1.807) is 48.5 Å². The Labute approximate surface area is 286 Å². The Bertz CT molecular complexity index is 1790. The number of anilines is 1. The molecule has 0 aliphatic rings. The molecule has 0 saturated carbocycles. The topological polar surface area (TPSA) is 86.8 Å². The molecular weight excluding hydrogens is 665 g/mol. The van der Waals surface area contributed by atoms with Crippen molar-refractivity contribution in [2.75, 3.05) is 10.8 Å². The fraction of sp³-hybridized carbons (Fsp3) is 0.257. The van der Waals surface area contributed by atoms with Gasteiger partial charge in [-0.1, -0.05) is 95.0 Å². The second kappa shape index (κ2) is 14.9. The molecule has 4 rings (SSSR count). The van der Waals surface area contributed by atoms with Gasteiger partial charge in [0, 0.05) is 33.6 Å². The Morgan fingerprint density at radius 3 is 2.09 bits per heavy atom. The summed E-state index contributed by atoms with van der Waals surface area (Å²) in [5.41, 5.74) is 1.82. The smallest absolute Gasteiger partial charge is 0.264 e. The summed E-state index contributed by atoms with van der Waals surface area (Å²) >= 11 is 19.0. The summed E-state index contributed by atoms with van der Waals surface area (Å²) in [4.78, 5) is 29.9. The second-order valence-corrected chi connectivity index (χ2v) is 15.1. The van der Waals surface area contributed by atoms with Gasteiger partial charge in [0.25, 0.3) is 10.0 Å². The number of halogens is 3. The lowest BCUT2D eigenvalue weighted by atomic mass is 10.0. The first-order valence-electron chi connectivity index (χ1n) is 14.6. The van der Waals surface area contributed by atoms with Crippen LogP contribution in [0.4, 0.5) is 5.69 Å². The number of sulfonamides is 1. The van der Waals surface area contributed by atoms with E-state index in [1.807, 2.05) is 58.0 Å². The summed E-state index contributed by atoms with van der Waals surface area (Å²) < 4.78 is 29.3. The molecule has 1 atom stereocenters. The summed E-state index contributed by atoms with van der Waals surface area (Å²) in [7, 11) is -4.25. The lowest BCUT2D eigenvalue weighted by Crippen LogP contribution is -2.56. The molecule has 7 nitrogen and oxygen atoms in total. The van der Waals surface area contributed by atoms with Gasteiger partial charge in [-0.2, -0.15) is 0 Å². The molecule has 242 valence electrons. The van der Waals surface area contributed by atoms with Gasteiger partial charge in [0.1, 0.15) is 12.6 Å². The van der Waals surface area contributed by atoms with Crippen molar-refractivity contribution in [3.63, 3.8) is 0 Å². The highest BCUT2D eigenvalue weighted by Crippen LogP contribution is 2.29. The molecule has 46 heavy (non-hydrogen) atoms. The zero-order chi connectivity index (χ0) is 33.6. The Kier molecular flexibility index (Phi) is 11.4. The standard InChI is InChI=1S/C35H36Cl3N3O4S/c1-24-13-17-30(18-14-24)46(44,45)41(29-12-8-11-27(36)20-29)23-33(42)40(22-26-15-16-28(37)21-31(26)38)32(34(43)39-35(2,3)4)19-25-9-6-5-7-10-25/h5-18,20-21,32H,19,22-23H2,1-4H3,(H,39,43)/t32-/m1/s1. The molecule has 0 unspecified atom stereocenters. The summed E-state index contributed by atoms with van der Waals surface area (Å²) in [5.74, 6) is -1.02. The maximum Gasteiger partial charge on any atom is 0.264 e. The van der Waals surface area contributed by atoms with Gasteiger partial charge >= 0.3 is 0 Å². The third-order valence-corrected chi connectivity index (χ3v) is 9.72. The van der Waals surface area contributed by atoms with Crippen LogP contribution in [0.5, 0.6) is 0 Å². The summed E-state index contributed by atoms with van der Waals surface area (Å²) in [6.45, 7) is 6.70. The van der Waals surface area contributed by atoms with Crippen LogP contribution in [0.3, 0.4) is 0 Å². The highest BCUT2D eigenvalue weighted by Gasteiger charge is 2.36. The Morgan fingerprint density at radius 2 is 1.48 bits per heavy atom. The Morgan fingerprint density at radius 1 is 0.826 bits per heavy atom. The number of nitrogens with zero attached hydrogens (tertiary/aromatic N) is 2. The maximum atomic E-state index is 14.6. The van der Waals surface area contributed by atoms with Gasteiger partial charge in [0.05, 0.1) is 10.6 Å². The minimum Gasteiger partial charge on any atom is -0.350 e. The molecule has 2 amide bonds. The molecule has 0 spiro atoms. The predicted molar refractivity (Wildman–Crippen MR) is 186 cm³/mol. The van der Waals surface area contributed by atoms with Crippen LogP contribution < -0.4 is 9.62 Å². The van der Waals surface area contributed by atoms with Crippen LogP contribution in [0, 0.1) is 6.92 Å². The van der Waals surface area contributed by atoms with Crippen molar-refractivity contribution in [3.05, 3.63) is 129 Å². The number of nitrogens with one attached hydrogen (secondary N) is 1. The molecule has 4 aromatic carbocycles. The van der Waals surface area contributed by atoms with Crippen LogP contribution >= 0.6 is 34.8 Å². The monoisotopic (exact) mass is 699 g/mol. The van der Waals surface area contributed by atoms with E-state index in [4.69, 9.17) is 34.8 Å². The molecule has 4 aromatic rings. The predicted octanol–water partition coefficient (Wildman–Crippen LogP) is 7.71. The quantitative estimate of drug-likeness (QED) is 0.174. The van der Waals surface area contributed by atoms with E-state index in [-0.39, 0.29) is 23.5 Å². The second-order valence-electron chi connectivity index (χ2n) is 12.0. The van der Waals surface area contributed by atoms with Crippen LogP contribution in [-0.2, 0) is 32.6 Å². The zero-order valence-electron chi connectivity index (χ0n) is 26.0. The molecule has 0 saturated heterocycles. The fourth-order valence-electron chi connectivity index (χ4n) is 4.84. The number of rotatable bonds is 11. The van der Waals surface area contributed by atoms with E-state index in [9.17, 15) is 18.0 Å². The molecule has 0 fully saturated rings. The first-order chi connectivity index (χ1) is 21.6. The van der Waals surface area contributed by atoms with Crippen molar-refractivity contribution >= 4 is 62.3 Å². The normalized spacial score (nSPS) is 12.3. The van der Waals surface area contributed by atoms with Gasteiger partial charge in [0.2, 0.25) is 11.8 Å². The van der Waals surface area contributed by atoms with Gasteiger partial charge in [-0.15, -0.1) is 0 Å². The summed E-state index contributed by atoms with van der Waals surface area (Å²) in [6.07, 6.45) is 0.168. The molecule has 0 radical (unpaired) electrons. The molecule has 11 heteroatoms. The molecular formula is C35H36Cl3N3O4S. The van der Waals surface area contributed by atoms with E-state index < -0.39 is 40.0 Å². The number of benzene rings is 4. The average molecular weight is 701 g/mol. The average Bonchev–Trinajstić information content (AvgIpc) is 2.98. The van der Waals surface area contributed by atoms with Crippen molar-refractivity contribution < 1.29 is 18.0 Å². The van der Waals surface area contributed by atoms with Crippen LogP contribution in [0.15, 0.2) is 102 Å². The number of carbonyl (C=O) groups excluding carboxylic acids is 2. The van der Waals surface area contributed by atoms with Crippen molar-refractivity contribution in [1.82, 2.24) is 10.2 Å². The minimum atomic E-state index is -4.25. The third-order valence-electron chi connectivity index (χ3n) is 7.11. The SMILES string of the molecule is Cc1ccc(S(=O)(=O)N(CC(=O)N(Cc2ccc(Cl)cc2Cl)[C@H](Cc2ccccc2)C(=O)NC(C)(C)C)c2cccc(Cl)c2)cc1. The number of carbonyl (C=O) groups is 2. The molecule has 0 aliphatic carbocycles. The fourth-order valence-corrected chi connectivity index (χ4v) is 6.90. The maximum absolute atomic E-state index is 14.6. The molecule has 0 heterocycles. The Hall–Kier alpha value is -3.56. The van der Waals surface area contributed by atoms with Gasteiger partial charge in [-0.05, 0) is 81.3 Å². The summed E-state index contributed by atoms with van der Waals surface area (Å²) in [5, 5.41) is 4.01. The number of hydrogen-bond acceptors (Lipinski definition) is 4. The van der Waals surface area contributed by atoms with Crippen molar-refractivity contribution in [2.45, 2.75) is 57.1 Å². The number of hydrogen-bond donors (Lipinski definition) is 1. The van der Waals surface area contributed by atoms with E-state index in [2.05, 4.69) is 5.32 Å². The van der Waals surface area contributed by atoms with Crippen molar-refractivity contribution in [3.8, 4) is 0 Å². The molecule has 0 bridgehead atoms. The van der Waals surface area contributed by atoms with Gasteiger partial charge in [-0.3, -0.25) is 13.9 Å². The lowest BCUT2D eigenvalue weighted by Gasteiger charge is -2.35. The van der Waals surface area contributed by atoms with Crippen molar-refractivity contribution in [1.29, 1.82) is 0 Å². The van der Waals surface area contributed by atoms with Crippen LogP contribution in [0.1, 0.15) is 37.5 Å². The highest BCUT2D eigenvalue weighted by molar-refractivity contribution is 7.92. The van der Waals surface area contributed by atoms with E-state index in [0.29, 0.717) is 20.6 Å². The van der Waals surface area contributed by atoms with Crippen LogP contribution in [0.2, 0.25) is 15.1 Å². The summed E-state index contributed by atoms with van der Waals surface area (Å²) in [6, 6.07) is 25.8. The lowest BCUT2D eigenvalue weighted by molar-refractivity contribution is -0.140. The Balaban J connectivity index is 1.84.